The van der Waals surface area contributed by atoms with E-state index in [1.165, 1.54) is 12.8 Å². The number of carbonyl (C=O) groups is 1. The number of hydrogen-bond donors (Lipinski definition) is 3. The highest BCUT2D eigenvalue weighted by molar-refractivity contribution is 6.29. The van der Waals surface area contributed by atoms with Crippen molar-refractivity contribution in [1.82, 2.24) is 14.7 Å². The Hall–Kier alpha value is -2.63. The van der Waals surface area contributed by atoms with Gasteiger partial charge in [-0.25, -0.2) is 10.2 Å². The van der Waals surface area contributed by atoms with Gasteiger partial charge in [-0.2, -0.15) is 9.78 Å². The van der Waals surface area contributed by atoms with Crippen LogP contribution in [0.1, 0.15) is 44.7 Å². The van der Waals surface area contributed by atoms with Crippen LogP contribution in [0.15, 0.2) is 16.2 Å². The molecule has 2 fully saturated rings. The predicted octanol–water partition coefficient (Wildman–Crippen LogP) is 2.48. The van der Waals surface area contributed by atoms with Gasteiger partial charge >= 0.3 is 12.1 Å². The maximum Gasteiger partial charge on any atom is 0.412 e. The van der Waals surface area contributed by atoms with Crippen molar-refractivity contribution in [2.45, 2.75) is 57.6 Å². The molecule has 11 nitrogen and oxygen atoms in total. The molecule has 1 aromatic heterocycles. The number of aliphatic imine (C=N–C) groups is 1. The Bertz CT molecular complexity index is 914. The van der Waals surface area contributed by atoms with Crippen LogP contribution in [-0.2, 0) is 15.9 Å². The van der Waals surface area contributed by atoms with E-state index in [0.717, 1.165) is 24.1 Å². The van der Waals surface area contributed by atoms with Gasteiger partial charge in [-0.3, -0.25) is 9.89 Å². The molecule has 2 unspecified atom stereocenters. The number of ether oxygens (including phenoxy) is 2. The second kappa shape index (κ2) is 11.5. The lowest BCUT2D eigenvalue weighted by Crippen LogP contribution is -2.55. The first-order valence-corrected chi connectivity index (χ1v) is 11.6. The van der Waals surface area contributed by atoms with E-state index in [1.807, 2.05) is 18.9 Å². The molecule has 2 heterocycles. The third-order valence-electron chi connectivity index (χ3n) is 5.92. The summed E-state index contributed by atoms with van der Waals surface area (Å²) in [4.78, 5) is 19.8. The van der Waals surface area contributed by atoms with Crippen molar-refractivity contribution in [2.24, 2.45) is 10.7 Å². The molecule has 1 aliphatic heterocycles. The fraction of sp³-hybridized carbons (Fsp3) is 0.619. The van der Waals surface area contributed by atoms with Crippen LogP contribution in [0.3, 0.4) is 0 Å². The molecule has 3 rings (SSSR count). The molecule has 33 heavy (non-hydrogen) atoms. The molecular formula is C21H33ClN8O3. The Balaban J connectivity index is 1.84. The highest BCUT2D eigenvalue weighted by atomic mass is 35.5. The first kappa shape index (κ1) is 25.0. The molecule has 1 aromatic rings. The topological polar surface area (TPSA) is 148 Å². The number of hydrogen-bond acceptors (Lipinski definition) is 9. The first-order valence-electron chi connectivity index (χ1n) is 11.2. The van der Waals surface area contributed by atoms with Crippen LogP contribution < -0.4 is 16.4 Å². The van der Waals surface area contributed by atoms with E-state index in [1.54, 1.807) is 12.4 Å². The second-order valence-corrected chi connectivity index (χ2v) is 8.68. The zero-order valence-corrected chi connectivity index (χ0v) is 19.9. The number of nitrogens with zero attached hydrogens (tertiary/aromatic N) is 5. The van der Waals surface area contributed by atoms with E-state index in [-0.39, 0.29) is 11.9 Å². The number of primary amides is 1. The number of nitrogens with one attached hydrogen (secondary N) is 1. The number of fused-ring (bicyclic) bond motifs is 1. The van der Waals surface area contributed by atoms with Gasteiger partial charge in [0.1, 0.15) is 5.69 Å². The number of halogens is 1. The highest BCUT2D eigenvalue weighted by Crippen LogP contribution is 2.31. The normalized spacial score (nSPS) is 21.7. The fourth-order valence-electron chi connectivity index (χ4n) is 4.38. The number of nitrogens with two attached hydrogens (primary N) is 2. The second-order valence-electron chi connectivity index (χ2n) is 8.20. The van der Waals surface area contributed by atoms with Gasteiger partial charge in [-0.05, 0) is 19.3 Å². The average molecular weight is 481 g/mol. The van der Waals surface area contributed by atoms with Gasteiger partial charge in [-0.1, -0.05) is 31.4 Å². The maximum atomic E-state index is 11.1. The van der Waals surface area contributed by atoms with Crippen LogP contribution in [0, 0.1) is 5.41 Å². The summed E-state index contributed by atoms with van der Waals surface area (Å²) < 4.78 is 11.8. The number of anilines is 2. The van der Waals surface area contributed by atoms with Crippen LogP contribution in [0.4, 0.5) is 16.3 Å². The third kappa shape index (κ3) is 6.24. The van der Waals surface area contributed by atoms with E-state index in [2.05, 4.69) is 15.0 Å². The monoisotopic (exact) mass is 480 g/mol. The van der Waals surface area contributed by atoms with E-state index >= 15 is 0 Å². The van der Waals surface area contributed by atoms with Crippen molar-refractivity contribution in [2.75, 3.05) is 37.5 Å². The predicted molar refractivity (Wildman–Crippen MR) is 129 cm³/mol. The average Bonchev–Trinajstić information content (AvgIpc) is 3.12. The van der Waals surface area contributed by atoms with Crippen LogP contribution in [0.2, 0.25) is 0 Å². The van der Waals surface area contributed by atoms with Crippen molar-refractivity contribution >= 4 is 41.4 Å². The van der Waals surface area contributed by atoms with Crippen LogP contribution in [-0.4, -0.2) is 72.0 Å². The van der Waals surface area contributed by atoms with Crippen molar-refractivity contribution in [1.29, 1.82) is 5.41 Å². The Morgan fingerprint density at radius 1 is 1.45 bits per heavy atom. The number of nitrogen functional groups attached to an aromatic ring is 1. The summed E-state index contributed by atoms with van der Waals surface area (Å²) in [6.07, 6.45) is 8.04. The van der Waals surface area contributed by atoms with E-state index in [9.17, 15) is 4.79 Å². The van der Waals surface area contributed by atoms with Crippen LogP contribution in [0.5, 0.6) is 0 Å². The van der Waals surface area contributed by atoms with Gasteiger partial charge in [0.15, 0.2) is 5.82 Å². The summed E-state index contributed by atoms with van der Waals surface area (Å²) in [5, 5.41) is 13.0. The van der Waals surface area contributed by atoms with Crippen molar-refractivity contribution < 1.29 is 14.3 Å². The summed E-state index contributed by atoms with van der Waals surface area (Å²) in [6.45, 7) is 4.09. The molecule has 2 aliphatic rings. The largest absolute Gasteiger partial charge is 0.412 e. The SMILES string of the molecule is CC/C(Cl)=C\N=C/Cc1nn(C(=N)OC(N)=O)c(N)c1N(C)CN1CCOC2CCCCC21. The van der Waals surface area contributed by atoms with Gasteiger partial charge in [0.2, 0.25) is 0 Å². The molecule has 0 aromatic carbocycles. The quantitative estimate of drug-likeness (QED) is 0.401. The van der Waals surface area contributed by atoms with E-state index in [0.29, 0.717) is 48.6 Å². The van der Waals surface area contributed by atoms with Gasteiger partial charge in [0.25, 0.3) is 0 Å². The first-order chi connectivity index (χ1) is 15.8. The minimum atomic E-state index is -1.11. The Morgan fingerprint density at radius 3 is 2.94 bits per heavy atom. The molecule has 0 bridgehead atoms. The summed E-state index contributed by atoms with van der Waals surface area (Å²) in [7, 11) is 1.93. The molecule has 5 N–H and O–H groups in total. The summed E-state index contributed by atoms with van der Waals surface area (Å²) >= 11 is 6.01. The lowest BCUT2D eigenvalue weighted by Gasteiger charge is -2.45. The zero-order chi connectivity index (χ0) is 24.0. The lowest BCUT2D eigenvalue weighted by atomic mass is 9.90. The highest BCUT2D eigenvalue weighted by Gasteiger charge is 2.35. The zero-order valence-electron chi connectivity index (χ0n) is 19.2. The maximum absolute atomic E-state index is 11.1. The molecule has 1 amide bonds. The third-order valence-corrected chi connectivity index (χ3v) is 6.28. The van der Waals surface area contributed by atoms with Gasteiger partial charge < -0.3 is 25.8 Å². The lowest BCUT2D eigenvalue weighted by molar-refractivity contribution is -0.0874. The number of aromatic nitrogens is 2. The summed E-state index contributed by atoms with van der Waals surface area (Å²) in [5.74, 6) is 0.183. The number of rotatable bonds is 7. The minimum Gasteiger partial charge on any atom is -0.382 e. The molecule has 2 atom stereocenters. The van der Waals surface area contributed by atoms with E-state index in [4.69, 9.17) is 38.0 Å². The number of amides is 1. The van der Waals surface area contributed by atoms with E-state index < -0.39 is 12.1 Å². The number of allylic oxidation sites excluding steroid dienone is 1. The minimum absolute atomic E-state index is 0.183. The van der Waals surface area contributed by atoms with Crippen molar-refractivity contribution in [3.63, 3.8) is 0 Å². The van der Waals surface area contributed by atoms with Gasteiger partial charge in [0.05, 0.1) is 25.1 Å². The molecule has 1 aliphatic carbocycles. The summed E-state index contributed by atoms with van der Waals surface area (Å²) in [6, 6.07) is -0.195. The molecule has 12 heteroatoms. The smallest absolute Gasteiger partial charge is 0.382 e. The van der Waals surface area contributed by atoms with Gasteiger partial charge in [0, 0.05) is 43.5 Å². The van der Waals surface area contributed by atoms with Crippen LogP contribution >= 0.6 is 11.6 Å². The Kier molecular flexibility index (Phi) is 8.70. The molecule has 0 spiro atoms. The van der Waals surface area contributed by atoms with Crippen LogP contribution in [0.25, 0.3) is 0 Å². The molecule has 1 saturated carbocycles. The standard InChI is InChI=1S/C21H33ClN8O3/c1-3-14(22)12-26-9-8-15-18(19(23)30(27-15)20(24)33-21(25)31)28(2)13-29-10-11-32-17-7-5-4-6-16(17)29/h9,12,16-17,24H,3-8,10-11,13,23H2,1-2H3,(H2,25,31)/b14-12+,24-20?,26-9-. The molecule has 182 valence electrons. The Morgan fingerprint density at radius 2 is 2.21 bits per heavy atom. The van der Waals surface area contributed by atoms with Gasteiger partial charge in [-0.15, -0.1) is 0 Å². The Labute approximate surface area is 198 Å². The molecule has 1 saturated heterocycles. The fourth-order valence-corrected chi connectivity index (χ4v) is 4.43. The number of carbonyl (C=O) groups excluding carboxylic acids is 1. The number of morpholine rings is 1. The summed E-state index contributed by atoms with van der Waals surface area (Å²) in [5.41, 5.74) is 12.6. The van der Waals surface area contributed by atoms with Crippen molar-refractivity contribution in [3.05, 3.63) is 16.9 Å². The van der Waals surface area contributed by atoms with Crippen molar-refractivity contribution in [3.8, 4) is 0 Å². The molecular weight excluding hydrogens is 448 g/mol. The molecule has 0 radical (unpaired) electrons.